The largest absolute Gasteiger partial charge is 0.314 e. The van der Waals surface area contributed by atoms with Crippen molar-refractivity contribution in [2.45, 2.75) is 6.04 Å². The molecule has 1 saturated heterocycles. The molecule has 5 heteroatoms. The van der Waals surface area contributed by atoms with Crippen molar-refractivity contribution < 1.29 is 4.39 Å². The maximum absolute atomic E-state index is 14.4. The first kappa shape index (κ1) is 14.2. The van der Waals surface area contributed by atoms with Gasteiger partial charge in [0.1, 0.15) is 5.82 Å². The molecule has 1 N–H and O–H groups in total. The molecule has 20 heavy (non-hydrogen) atoms. The van der Waals surface area contributed by atoms with Crippen LogP contribution in [0, 0.1) is 5.82 Å². The van der Waals surface area contributed by atoms with E-state index in [1.807, 2.05) is 12.1 Å². The molecule has 0 unspecified atom stereocenters. The van der Waals surface area contributed by atoms with Crippen molar-refractivity contribution in [3.05, 3.63) is 56.4 Å². The van der Waals surface area contributed by atoms with Gasteiger partial charge in [0.15, 0.2) is 0 Å². The first-order chi connectivity index (χ1) is 9.75. The first-order valence-corrected chi connectivity index (χ1v) is 8.41. The average molecular weight is 355 g/mol. The molecule has 0 amide bonds. The van der Waals surface area contributed by atoms with Crippen LogP contribution >= 0.6 is 27.3 Å². The summed E-state index contributed by atoms with van der Waals surface area (Å²) < 4.78 is 15.2. The molecule has 1 aromatic carbocycles. The summed E-state index contributed by atoms with van der Waals surface area (Å²) in [6.45, 7) is 3.80. The number of rotatable bonds is 3. The van der Waals surface area contributed by atoms with Crippen LogP contribution in [0.2, 0.25) is 0 Å². The maximum atomic E-state index is 14.4. The second kappa shape index (κ2) is 6.35. The highest BCUT2D eigenvalue weighted by molar-refractivity contribution is 9.10. The molecule has 2 nitrogen and oxygen atoms in total. The van der Waals surface area contributed by atoms with E-state index in [0.29, 0.717) is 0 Å². The smallest absolute Gasteiger partial charge is 0.129 e. The monoisotopic (exact) mass is 354 g/mol. The van der Waals surface area contributed by atoms with Crippen molar-refractivity contribution in [3.8, 4) is 0 Å². The Morgan fingerprint density at radius 3 is 2.70 bits per heavy atom. The van der Waals surface area contributed by atoms with E-state index >= 15 is 0 Å². The van der Waals surface area contributed by atoms with Gasteiger partial charge in [-0.3, -0.25) is 4.90 Å². The number of hydrogen-bond acceptors (Lipinski definition) is 3. The van der Waals surface area contributed by atoms with Gasteiger partial charge in [0.05, 0.1) is 6.04 Å². The number of benzene rings is 1. The van der Waals surface area contributed by atoms with Crippen molar-refractivity contribution in [2.75, 3.05) is 26.2 Å². The van der Waals surface area contributed by atoms with Crippen LogP contribution in [0.1, 0.15) is 17.2 Å². The first-order valence-electron chi connectivity index (χ1n) is 6.67. The predicted octanol–water partition coefficient (Wildman–Crippen LogP) is 3.64. The fourth-order valence-corrected chi connectivity index (χ4v) is 3.69. The van der Waals surface area contributed by atoms with Crippen LogP contribution in [-0.2, 0) is 0 Å². The zero-order valence-corrected chi connectivity index (χ0v) is 13.4. The van der Waals surface area contributed by atoms with Gasteiger partial charge in [-0.2, -0.15) is 11.3 Å². The molecule has 2 heterocycles. The molecule has 0 bridgehead atoms. The topological polar surface area (TPSA) is 15.3 Å². The molecule has 2 aromatic rings. The second-order valence-electron chi connectivity index (χ2n) is 4.91. The number of hydrogen-bond donors (Lipinski definition) is 1. The van der Waals surface area contributed by atoms with E-state index in [2.05, 4.69) is 43.0 Å². The van der Waals surface area contributed by atoms with Gasteiger partial charge in [0.2, 0.25) is 0 Å². The van der Waals surface area contributed by atoms with Gasteiger partial charge in [-0.05, 0) is 34.5 Å². The fourth-order valence-electron chi connectivity index (χ4n) is 2.68. The van der Waals surface area contributed by atoms with Crippen LogP contribution in [0.15, 0.2) is 39.5 Å². The van der Waals surface area contributed by atoms with Crippen LogP contribution in [0.4, 0.5) is 4.39 Å². The Labute approximate surface area is 130 Å². The van der Waals surface area contributed by atoms with Crippen molar-refractivity contribution in [1.82, 2.24) is 10.2 Å². The summed E-state index contributed by atoms with van der Waals surface area (Å²) >= 11 is 4.99. The lowest BCUT2D eigenvalue weighted by molar-refractivity contribution is 0.195. The van der Waals surface area contributed by atoms with Gasteiger partial charge in [0, 0.05) is 36.2 Å². The van der Waals surface area contributed by atoms with E-state index in [0.717, 1.165) is 36.2 Å². The van der Waals surface area contributed by atoms with Gasteiger partial charge in [-0.1, -0.05) is 22.0 Å². The molecule has 1 atom stereocenters. The average Bonchev–Trinajstić information content (AvgIpc) is 2.97. The maximum Gasteiger partial charge on any atom is 0.129 e. The third-order valence-electron chi connectivity index (χ3n) is 3.63. The molecule has 1 aliphatic rings. The number of nitrogens with one attached hydrogen (secondary N) is 1. The minimum absolute atomic E-state index is 0.0106. The molecule has 1 aliphatic heterocycles. The van der Waals surface area contributed by atoms with Crippen LogP contribution in [0.3, 0.4) is 0 Å². The highest BCUT2D eigenvalue weighted by Gasteiger charge is 2.26. The molecule has 0 aliphatic carbocycles. The highest BCUT2D eigenvalue weighted by Crippen LogP contribution is 2.33. The number of piperazine rings is 1. The third kappa shape index (κ3) is 2.96. The summed E-state index contributed by atoms with van der Waals surface area (Å²) in [4.78, 5) is 2.35. The summed E-state index contributed by atoms with van der Waals surface area (Å²) in [5.74, 6) is -0.144. The van der Waals surface area contributed by atoms with E-state index in [1.165, 1.54) is 5.56 Å². The van der Waals surface area contributed by atoms with E-state index in [9.17, 15) is 4.39 Å². The predicted molar refractivity (Wildman–Crippen MR) is 84.7 cm³/mol. The van der Waals surface area contributed by atoms with Gasteiger partial charge in [-0.15, -0.1) is 0 Å². The van der Waals surface area contributed by atoms with Gasteiger partial charge in [0.25, 0.3) is 0 Å². The highest BCUT2D eigenvalue weighted by atomic mass is 79.9. The van der Waals surface area contributed by atoms with E-state index < -0.39 is 0 Å². The molecular weight excluding hydrogens is 339 g/mol. The molecule has 0 spiro atoms. The zero-order valence-electron chi connectivity index (χ0n) is 11.0. The Kier molecular flexibility index (Phi) is 4.51. The Morgan fingerprint density at radius 1 is 1.25 bits per heavy atom. The van der Waals surface area contributed by atoms with Crippen molar-refractivity contribution >= 4 is 27.3 Å². The third-order valence-corrected chi connectivity index (χ3v) is 4.83. The molecule has 1 fully saturated rings. The minimum Gasteiger partial charge on any atom is -0.314 e. The molecule has 0 radical (unpaired) electrons. The molecular formula is C15H16BrFN2S. The summed E-state index contributed by atoms with van der Waals surface area (Å²) in [5.41, 5.74) is 1.94. The van der Waals surface area contributed by atoms with E-state index in [1.54, 1.807) is 17.4 Å². The molecule has 3 rings (SSSR count). The quantitative estimate of drug-likeness (QED) is 0.904. The van der Waals surface area contributed by atoms with Crippen molar-refractivity contribution in [1.29, 1.82) is 0 Å². The zero-order chi connectivity index (χ0) is 13.9. The van der Waals surface area contributed by atoms with Crippen LogP contribution in [0.25, 0.3) is 0 Å². The molecule has 1 aromatic heterocycles. The van der Waals surface area contributed by atoms with Crippen LogP contribution in [-0.4, -0.2) is 31.1 Å². The SMILES string of the molecule is Fc1cc(Br)ccc1[C@H](c1ccsc1)N1CCNCC1. The summed E-state index contributed by atoms with van der Waals surface area (Å²) in [6, 6.07) is 7.47. The van der Waals surface area contributed by atoms with Gasteiger partial charge >= 0.3 is 0 Å². The lowest BCUT2D eigenvalue weighted by Crippen LogP contribution is -2.45. The van der Waals surface area contributed by atoms with Crippen molar-refractivity contribution in [3.63, 3.8) is 0 Å². The Morgan fingerprint density at radius 2 is 2.05 bits per heavy atom. The summed E-state index contributed by atoms with van der Waals surface area (Å²) in [7, 11) is 0. The number of thiophene rings is 1. The lowest BCUT2D eigenvalue weighted by atomic mass is 9.98. The second-order valence-corrected chi connectivity index (χ2v) is 6.61. The normalized spacial score (nSPS) is 18.1. The Bertz CT molecular complexity index is 567. The summed E-state index contributed by atoms with van der Waals surface area (Å²) in [5, 5.41) is 7.53. The number of halogens is 2. The van der Waals surface area contributed by atoms with Gasteiger partial charge in [-0.25, -0.2) is 4.39 Å². The van der Waals surface area contributed by atoms with E-state index in [4.69, 9.17) is 0 Å². The van der Waals surface area contributed by atoms with Crippen molar-refractivity contribution in [2.24, 2.45) is 0 Å². The molecule has 0 saturated carbocycles. The van der Waals surface area contributed by atoms with Crippen LogP contribution in [0.5, 0.6) is 0 Å². The van der Waals surface area contributed by atoms with Gasteiger partial charge < -0.3 is 5.32 Å². The van der Waals surface area contributed by atoms with Crippen LogP contribution < -0.4 is 5.32 Å². The summed E-state index contributed by atoms with van der Waals surface area (Å²) in [6.07, 6.45) is 0. The Hall–Kier alpha value is -0.750. The van der Waals surface area contributed by atoms with E-state index in [-0.39, 0.29) is 11.9 Å². The molecule has 106 valence electrons. The number of nitrogens with zero attached hydrogens (tertiary/aromatic N) is 1. The standard InChI is InChI=1S/C15H16BrFN2S/c16-12-1-2-13(14(17)9-12)15(11-3-8-20-10-11)19-6-4-18-5-7-19/h1-3,8-10,15,18H,4-7H2/t15-/m0/s1. The Balaban J connectivity index is 2.00. The minimum atomic E-state index is -0.144. The lowest BCUT2D eigenvalue weighted by Gasteiger charge is -2.35. The fraction of sp³-hybridized carbons (Fsp3) is 0.333.